The summed E-state index contributed by atoms with van der Waals surface area (Å²) in [6.45, 7) is 7.05. The summed E-state index contributed by atoms with van der Waals surface area (Å²) < 4.78 is 2.30. The van der Waals surface area contributed by atoms with E-state index in [4.69, 9.17) is 10.7 Å². The van der Waals surface area contributed by atoms with Crippen molar-refractivity contribution < 1.29 is 0 Å². The molecule has 3 nitrogen and oxygen atoms in total. The van der Waals surface area contributed by atoms with Crippen molar-refractivity contribution in [3.8, 4) is 0 Å². The second-order valence-electron chi connectivity index (χ2n) is 6.07. The first-order valence-electron chi connectivity index (χ1n) is 7.82. The summed E-state index contributed by atoms with van der Waals surface area (Å²) in [7, 11) is 0. The molecule has 0 fully saturated rings. The molecule has 0 amide bonds. The number of hydrogen-bond donors (Lipinski definition) is 1. The lowest BCUT2D eigenvalue weighted by Gasteiger charge is -2.16. The minimum atomic E-state index is 0.241. The highest BCUT2D eigenvalue weighted by molar-refractivity contribution is 5.78. The average molecular weight is 293 g/mol. The standard InChI is InChI=1S/C19H23N3/c1-13-9-17-18(10-14(13)2)22(15(3)12-20)19(21-17)11-16-7-5-4-6-8-16/h4-10,15H,11-12,20H2,1-3H3. The average Bonchev–Trinajstić information content (AvgIpc) is 2.85. The Balaban J connectivity index is 2.15. The molecule has 2 N–H and O–H groups in total. The number of aromatic nitrogens is 2. The fourth-order valence-electron chi connectivity index (χ4n) is 2.90. The summed E-state index contributed by atoms with van der Waals surface area (Å²) in [6.07, 6.45) is 0.831. The Morgan fingerprint density at radius 2 is 1.77 bits per heavy atom. The Labute approximate surface area is 131 Å². The molecule has 0 radical (unpaired) electrons. The fourth-order valence-corrected chi connectivity index (χ4v) is 2.90. The van der Waals surface area contributed by atoms with Crippen LogP contribution < -0.4 is 5.73 Å². The number of hydrogen-bond acceptors (Lipinski definition) is 2. The Morgan fingerprint density at radius 1 is 1.09 bits per heavy atom. The smallest absolute Gasteiger partial charge is 0.114 e. The highest BCUT2D eigenvalue weighted by Gasteiger charge is 2.16. The predicted octanol–water partition coefficient (Wildman–Crippen LogP) is 3.76. The minimum absolute atomic E-state index is 0.241. The van der Waals surface area contributed by atoms with Gasteiger partial charge in [-0.3, -0.25) is 0 Å². The van der Waals surface area contributed by atoms with E-state index in [1.807, 2.05) is 6.07 Å². The molecular formula is C19H23N3. The van der Waals surface area contributed by atoms with Crippen LogP contribution in [0.2, 0.25) is 0 Å². The minimum Gasteiger partial charge on any atom is -0.328 e. The van der Waals surface area contributed by atoms with Gasteiger partial charge in [0.15, 0.2) is 0 Å². The van der Waals surface area contributed by atoms with E-state index in [9.17, 15) is 0 Å². The lowest BCUT2D eigenvalue weighted by atomic mass is 10.1. The van der Waals surface area contributed by atoms with Crippen molar-refractivity contribution in [2.75, 3.05) is 6.54 Å². The summed E-state index contributed by atoms with van der Waals surface area (Å²) in [5, 5.41) is 0. The molecule has 1 atom stereocenters. The molecule has 0 aliphatic heterocycles. The monoisotopic (exact) mass is 293 g/mol. The second-order valence-corrected chi connectivity index (χ2v) is 6.07. The predicted molar refractivity (Wildman–Crippen MR) is 92.2 cm³/mol. The van der Waals surface area contributed by atoms with Gasteiger partial charge in [-0.25, -0.2) is 4.98 Å². The Kier molecular flexibility index (Phi) is 3.99. The molecule has 2 aromatic carbocycles. The highest BCUT2D eigenvalue weighted by atomic mass is 15.1. The van der Waals surface area contributed by atoms with Crippen LogP contribution in [-0.2, 0) is 6.42 Å². The van der Waals surface area contributed by atoms with Gasteiger partial charge >= 0.3 is 0 Å². The normalized spacial score (nSPS) is 12.7. The molecule has 0 spiro atoms. The zero-order valence-corrected chi connectivity index (χ0v) is 13.5. The first-order valence-corrected chi connectivity index (χ1v) is 7.82. The van der Waals surface area contributed by atoms with Crippen LogP contribution in [0.1, 0.15) is 35.5 Å². The largest absolute Gasteiger partial charge is 0.328 e. The maximum absolute atomic E-state index is 5.94. The summed E-state index contributed by atoms with van der Waals surface area (Å²) in [5.41, 5.74) is 12.0. The van der Waals surface area contributed by atoms with Crippen LogP contribution in [0.4, 0.5) is 0 Å². The van der Waals surface area contributed by atoms with Gasteiger partial charge in [-0.2, -0.15) is 0 Å². The van der Waals surface area contributed by atoms with E-state index in [1.54, 1.807) is 0 Å². The quantitative estimate of drug-likeness (QED) is 0.796. The van der Waals surface area contributed by atoms with Crippen LogP contribution in [0.25, 0.3) is 11.0 Å². The Morgan fingerprint density at radius 3 is 2.45 bits per heavy atom. The summed E-state index contributed by atoms with van der Waals surface area (Å²) in [4.78, 5) is 4.89. The third-order valence-corrected chi connectivity index (χ3v) is 4.36. The number of aryl methyl sites for hydroxylation is 2. The van der Waals surface area contributed by atoms with Crippen molar-refractivity contribution in [2.24, 2.45) is 5.73 Å². The molecule has 3 heteroatoms. The summed E-state index contributed by atoms with van der Waals surface area (Å²) >= 11 is 0. The van der Waals surface area contributed by atoms with Crippen molar-refractivity contribution >= 4 is 11.0 Å². The molecule has 3 aromatic rings. The molecule has 1 unspecified atom stereocenters. The van der Waals surface area contributed by atoms with Crippen molar-refractivity contribution in [2.45, 2.75) is 33.2 Å². The number of nitrogens with two attached hydrogens (primary N) is 1. The van der Waals surface area contributed by atoms with Gasteiger partial charge in [-0.15, -0.1) is 0 Å². The Hall–Kier alpha value is -2.13. The number of imidazole rings is 1. The molecule has 0 bridgehead atoms. The van der Waals surface area contributed by atoms with Gasteiger partial charge in [0.05, 0.1) is 11.0 Å². The number of rotatable bonds is 4. The molecule has 0 saturated carbocycles. The van der Waals surface area contributed by atoms with E-state index >= 15 is 0 Å². The van der Waals surface area contributed by atoms with Crippen molar-refractivity contribution in [1.29, 1.82) is 0 Å². The first-order chi connectivity index (χ1) is 10.6. The maximum atomic E-state index is 5.94. The van der Waals surface area contributed by atoms with E-state index in [0.717, 1.165) is 17.8 Å². The number of nitrogens with zero attached hydrogens (tertiary/aromatic N) is 2. The topological polar surface area (TPSA) is 43.8 Å². The van der Waals surface area contributed by atoms with Gasteiger partial charge in [0, 0.05) is 19.0 Å². The van der Waals surface area contributed by atoms with Crippen molar-refractivity contribution in [3.05, 3.63) is 65.0 Å². The third kappa shape index (κ3) is 2.64. The van der Waals surface area contributed by atoms with Gasteiger partial charge < -0.3 is 10.3 Å². The SMILES string of the molecule is Cc1cc2nc(Cc3ccccc3)n(C(C)CN)c2cc1C. The van der Waals surface area contributed by atoms with Gasteiger partial charge in [0.1, 0.15) is 5.82 Å². The van der Waals surface area contributed by atoms with E-state index in [0.29, 0.717) is 6.54 Å². The summed E-state index contributed by atoms with van der Waals surface area (Å²) in [6, 6.07) is 15.1. The molecule has 1 heterocycles. The maximum Gasteiger partial charge on any atom is 0.114 e. The Bertz CT molecular complexity index is 787. The fraction of sp³-hybridized carbons (Fsp3) is 0.316. The van der Waals surface area contributed by atoms with Crippen LogP contribution in [-0.4, -0.2) is 16.1 Å². The van der Waals surface area contributed by atoms with Crippen molar-refractivity contribution in [3.63, 3.8) is 0 Å². The van der Waals surface area contributed by atoms with Gasteiger partial charge in [0.25, 0.3) is 0 Å². The first kappa shape index (κ1) is 14.8. The van der Waals surface area contributed by atoms with Crippen LogP contribution in [0.3, 0.4) is 0 Å². The van der Waals surface area contributed by atoms with Gasteiger partial charge in [0.2, 0.25) is 0 Å². The van der Waals surface area contributed by atoms with Crippen molar-refractivity contribution in [1.82, 2.24) is 9.55 Å². The lowest BCUT2D eigenvalue weighted by Crippen LogP contribution is -2.18. The number of fused-ring (bicyclic) bond motifs is 1. The van der Waals surface area contributed by atoms with Crippen LogP contribution in [0.5, 0.6) is 0 Å². The molecule has 0 aliphatic rings. The van der Waals surface area contributed by atoms with E-state index in [1.165, 1.54) is 22.2 Å². The molecule has 114 valence electrons. The molecule has 1 aromatic heterocycles. The van der Waals surface area contributed by atoms with Gasteiger partial charge in [-0.1, -0.05) is 30.3 Å². The molecule has 0 aliphatic carbocycles. The number of benzene rings is 2. The second kappa shape index (κ2) is 5.93. The third-order valence-electron chi connectivity index (χ3n) is 4.36. The van der Waals surface area contributed by atoms with E-state index in [2.05, 4.69) is 61.7 Å². The lowest BCUT2D eigenvalue weighted by molar-refractivity contribution is 0.552. The summed E-state index contributed by atoms with van der Waals surface area (Å²) in [5.74, 6) is 1.09. The highest BCUT2D eigenvalue weighted by Crippen LogP contribution is 2.25. The molecule has 3 rings (SSSR count). The zero-order valence-electron chi connectivity index (χ0n) is 13.5. The van der Waals surface area contributed by atoms with Crippen LogP contribution in [0, 0.1) is 13.8 Å². The van der Waals surface area contributed by atoms with E-state index in [-0.39, 0.29) is 6.04 Å². The molecule has 22 heavy (non-hydrogen) atoms. The zero-order chi connectivity index (χ0) is 15.7. The van der Waals surface area contributed by atoms with E-state index < -0.39 is 0 Å². The van der Waals surface area contributed by atoms with Crippen LogP contribution >= 0.6 is 0 Å². The van der Waals surface area contributed by atoms with Gasteiger partial charge in [-0.05, 0) is 49.6 Å². The molecule has 0 saturated heterocycles. The van der Waals surface area contributed by atoms with Crippen LogP contribution in [0.15, 0.2) is 42.5 Å². The molecular weight excluding hydrogens is 270 g/mol.